The highest BCUT2D eigenvalue weighted by Crippen LogP contribution is 2.33. The quantitative estimate of drug-likeness (QED) is 0.661. The molecule has 2 heteroatoms. The maximum atomic E-state index is 11.5. The van der Waals surface area contributed by atoms with E-state index in [9.17, 15) is 4.79 Å². The summed E-state index contributed by atoms with van der Waals surface area (Å²) in [6.07, 6.45) is 4.43. The molecule has 0 saturated heterocycles. The fourth-order valence-electron chi connectivity index (χ4n) is 1.92. The molecule has 1 saturated carbocycles. The van der Waals surface area contributed by atoms with Crippen molar-refractivity contribution in [3.8, 4) is 0 Å². The van der Waals surface area contributed by atoms with E-state index in [0.717, 1.165) is 18.6 Å². The summed E-state index contributed by atoms with van der Waals surface area (Å²) in [6.45, 7) is 2.01. The van der Waals surface area contributed by atoms with Gasteiger partial charge in [0.05, 0.1) is 6.26 Å². The lowest BCUT2D eigenvalue weighted by Gasteiger charge is -2.23. The lowest BCUT2D eigenvalue weighted by atomic mass is 9.81. The van der Waals surface area contributed by atoms with Gasteiger partial charge in [-0.25, -0.2) is 0 Å². The Morgan fingerprint density at radius 1 is 1.46 bits per heavy atom. The highest BCUT2D eigenvalue weighted by Gasteiger charge is 2.27. The van der Waals surface area contributed by atoms with Crippen LogP contribution in [-0.2, 0) is 4.79 Å². The largest absolute Gasteiger partial charge is 0.469 e. The molecule has 1 fully saturated rings. The summed E-state index contributed by atoms with van der Waals surface area (Å²) in [5.41, 5.74) is 0. The molecule has 2 nitrogen and oxygen atoms in total. The predicted molar refractivity (Wildman–Crippen MR) is 49.5 cm³/mol. The summed E-state index contributed by atoms with van der Waals surface area (Å²) < 4.78 is 5.30. The number of hydrogen-bond donors (Lipinski definition) is 0. The number of carbonyl (C=O) groups is 1. The minimum Gasteiger partial charge on any atom is -0.469 e. The van der Waals surface area contributed by atoms with E-state index in [4.69, 9.17) is 4.42 Å². The molecule has 0 aromatic carbocycles. The number of Topliss-reactive ketones (excluding diaryl/α,β-unsaturated/α-hetero) is 1. The molecule has 1 aromatic heterocycles. The first-order valence-corrected chi connectivity index (χ1v) is 4.83. The fraction of sp³-hybridized carbons (Fsp3) is 0.545. The van der Waals surface area contributed by atoms with Crippen LogP contribution in [-0.4, -0.2) is 5.78 Å². The van der Waals surface area contributed by atoms with Gasteiger partial charge in [0, 0.05) is 18.3 Å². The van der Waals surface area contributed by atoms with Crippen LogP contribution in [0.4, 0.5) is 0 Å². The molecule has 1 heterocycles. The minimum absolute atomic E-state index is 0.256. The van der Waals surface area contributed by atoms with E-state index in [0.29, 0.717) is 18.1 Å². The van der Waals surface area contributed by atoms with Crippen molar-refractivity contribution in [3.63, 3.8) is 0 Å². The number of hydrogen-bond acceptors (Lipinski definition) is 2. The first-order valence-electron chi connectivity index (χ1n) is 4.83. The average molecular weight is 178 g/mol. The lowest BCUT2D eigenvalue weighted by Crippen LogP contribution is -2.21. The molecule has 1 aliphatic rings. The van der Waals surface area contributed by atoms with E-state index in [2.05, 4.69) is 0 Å². The Balaban J connectivity index is 2.08. The van der Waals surface area contributed by atoms with Crippen molar-refractivity contribution in [3.05, 3.63) is 24.2 Å². The van der Waals surface area contributed by atoms with Gasteiger partial charge in [-0.15, -0.1) is 0 Å². The molecule has 1 aliphatic carbocycles. The maximum Gasteiger partial charge on any atom is 0.136 e. The highest BCUT2D eigenvalue weighted by molar-refractivity contribution is 5.82. The Hall–Kier alpha value is -1.05. The van der Waals surface area contributed by atoms with Crippen LogP contribution < -0.4 is 0 Å². The molecule has 1 aromatic rings. The van der Waals surface area contributed by atoms with Crippen LogP contribution in [0.1, 0.15) is 37.9 Å². The molecule has 0 N–H and O–H groups in total. The number of ketones is 1. The van der Waals surface area contributed by atoms with Crippen LogP contribution in [0, 0.1) is 5.92 Å². The standard InChI is InChI=1S/C11H14O2/c1-8-4-5-9(7-10(8)12)11-3-2-6-13-11/h2-3,6,8-9H,4-5,7H2,1H3. The molecular weight excluding hydrogens is 164 g/mol. The van der Waals surface area contributed by atoms with Crippen molar-refractivity contribution in [2.24, 2.45) is 5.92 Å². The zero-order chi connectivity index (χ0) is 9.26. The molecular formula is C11H14O2. The summed E-state index contributed by atoms with van der Waals surface area (Å²) in [4.78, 5) is 11.5. The fourth-order valence-corrected chi connectivity index (χ4v) is 1.92. The second-order valence-corrected chi connectivity index (χ2v) is 3.86. The third kappa shape index (κ3) is 1.67. The van der Waals surface area contributed by atoms with E-state index in [-0.39, 0.29) is 5.92 Å². The van der Waals surface area contributed by atoms with Crippen LogP contribution in [0.25, 0.3) is 0 Å². The Bertz CT molecular complexity index is 287. The zero-order valence-electron chi connectivity index (χ0n) is 7.82. The molecule has 70 valence electrons. The normalized spacial score (nSPS) is 29.2. The molecule has 0 radical (unpaired) electrons. The summed E-state index contributed by atoms with van der Waals surface area (Å²) in [7, 11) is 0. The minimum atomic E-state index is 0.256. The van der Waals surface area contributed by atoms with E-state index in [1.54, 1.807) is 6.26 Å². The highest BCUT2D eigenvalue weighted by atomic mass is 16.3. The van der Waals surface area contributed by atoms with Crippen LogP contribution in [0.3, 0.4) is 0 Å². The van der Waals surface area contributed by atoms with Crippen molar-refractivity contribution in [2.75, 3.05) is 0 Å². The van der Waals surface area contributed by atoms with E-state index >= 15 is 0 Å². The van der Waals surface area contributed by atoms with Gasteiger partial charge in [-0.05, 0) is 25.0 Å². The molecule has 0 aliphatic heterocycles. The van der Waals surface area contributed by atoms with Crippen molar-refractivity contribution in [1.29, 1.82) is 0 Å². The van der Waals surface area contributed by atoms with Crippen LogP contribution in [0.2, 0.25) is 0 Å². The number of furan rings is 1. The van der Waals surface area contributed by atoms with Crippen LogP contribution in [0.15, 0.2) is 22.8 Å². The molecule has 0 spiro atoms. The lowest BCUT2D eigenvalue weighted by molar-refractivity contribution is -0.124. The molecule has 13 heavy (non-hydrogen) atoms. The third-order valence-corrected chi connectivity index (χ3v) is 2.89. The van der Waals surface area contributed by atoms with Gasteiger partial charge in [0.1, 0.15) is 11.5 Å². The molecule has 0 bridgehead atoms. The van der Waals surface area contributed by atoms with Crippen LogP contribution >= 0.6 is 0 Å². The molecule has 2 rings (SSSR count). The molecule has 2 unspecified atom stereocenters. The van der Waals surface area contributed by atoms with Crippen molar-refractivity contribution in [2.45, 2.75) is 32.1 Å². The zero-order valence-corrected chi connectivity index (χ0v) is 7.82. The summed E-state index contributed by atoms with van der Waals surface area (Å²) in [5.74, 6) is 1.94. The second-order valence-electron chi connectivity index (χ2n) is 3.86. The Morgan fingerprint density at radius 2 is 2.31 bits per heavy atom. The first kappa shape index (κ1) is 8.54. The van der Waals surface area contributed by atoms with Gasteiger partial charge in [-0.3, -0.25) is 4.79 Å². The Morgan fingerprint density at radius 3 is 2.92 bits per heavy atom. The summed E-state index contributed by atoms with van der Waals surface area (Å²) >= 11 is 0. The van der Waals surface area contributed by atoms with Crippen molar-refractivity contribution in [1.82, 2.24) is 0 Å². The van der Waals surface area contributed by atoms with Gasteiger partial charge in [-0.1, -0.05) is 6.92 Å². The van der Waals surface area contributed by atoms with E-state index < -0.39 is 0 Å². The first-order chi connectivity index (χ1) is 6.27. The smallest absolute Gasteiger partial charge is 0.136 e. The van der Waals surface area contributed by atoms with Crippen molar-refractivity contribution >= 4 is 5.78 Å². The molecule has 0 amide bonds. The van der Waals surface area contributed by atoms with Gasteiger partial charge in [0.15, 0.2) is 0 Å². The molecule has 2 atom stereocenters. The maximum absolute atomic E-state index is 11.5. The van der Waals surface area contributed by atoms with E-state index in [1.807, 2.05) is 19.1 Å². The van der Waals surface area contributed by atoms with E-state index in [1.165, 1.54) is 0 Å². The third-order valence-electron chi connectivity index (χ3n) is 2.89. The summed E-state index contributed by atoms with van der Waals surface area (Å²) in [6, 6.07) is 3.85. The Kier molecular flexibility index (Phi) is 2.21. The topological polar surface area (TPSA) is 30.2 Å². The van der Waals surface area contributed by atoms with Gasteiger partial charge >= 0.3 is 0 Å². The monoisotopic (exact) mass is 178 g/mol. The SMILES string of the molecule is CC1CCC(c2ccco2)CC1=O. The number of carbonyl (C=O) groups excluding carboxylic acids is 1. The van der Waals surface area contributed by atoms with Crippen molar-refractivity contribution < 1.29 is 9.21 Å². The van der Waals surface area contributed by atoms with Gasteiger partial charge in [0.25, 0.3) is 0 Å². The average Bonchev–Trinajstić information content (AvgIpc) is 2.62. The second kappa shape index (κ2) is 3.36. The summed E-state index contributed by atoms with van der Waals surface area (Å²) in [5, 5.41) is 0. The van der Waals surface area contributed by atoms with Gasteiger partial charge < -0.3 is 4.42 Å². The van der Waals surface area contributed by atoms with Gasteiger partial charge in [-0.2, -0.15) is 0 Å². The Labute approximate surface area is 77.9 Å². The predicted octanol–water partition coefficient (Wildman–Crippen LogP) is 2.75. The van der Waals surface area contributed by atoms with Crippen LogP contribution in [0.5, 0.6) is 0 Å². The number of rotatable bonds is 1. The van der Waals surface area contributed by atoms with Gasteiger partial charge in [0.2, 0.25) is 0 Å².